The highest BCUT2D eigenvalue weighted by atomic mass is 16.5. The zero-order chi connectivity index (χ0) is 22.2. The molecule has 2 aromatic carbocycles. The van der Waals surface area contributed by atoms with Crippen LogP contribution in [0, 0.1) is 17.8 Å². The highest BCUT2D eigenvalue weighted by molar-refractivity contribution is 5.80. The molecule has 158 valence electrons. The molecule has 0 amide bonds. The van der Waals surface area contributed by atoms with Crippen molar-refractivity contribution in [3.05, 3.63) is 65.9 Å². The molecule has 0 saturated carbocycles. The predicted molar refractivity (Wildman–Crippen MR) is 127 cm³/mol. The Kier molecular flexibility index (Phi) is 5.88. The van der Waals surface area contributed by atoms with E-state index >= 15 is 0 Å². The standard InChI is InChI=1S/C27H34N2O/c1-19-24(21-12-10-9-11-13-21)29-22-15-14-20(18-23(22)28-19)16-17-25(2,3)26(4,5)27(6,7)30-8/h9-18H,1-8H3/b17-16+. The fourth-order valence-corrected chi connectivity index (χ4v) is 3.68. The first-order valence-electron chi connectivity index (χ1n) is 10.6. The molecule has 0 spiro atoms. The van der Waals surface area contributed by atoms with Gasteiger partial charge in [0.15, 0.2) is 0 Å². The van der Waals surface area contributed by atoms with E-state index in [0.29, 0.717) is 0 Å². The van der Waals surface area contributed by atoms with Crippen LogP contribution in [0.15, 0.2) is 54.6 Å². The lowest BCUT2D eigenvalue weighted by molar-refractivity contribution is -0.111. The van der Waals surface area contributed by atoms with Gasteiger partial charge in [-0.05, 0) is 43.9 Å². The van der Waals surface area contributed by atoms with E-state index in [9.17, 15) is 0 Å². The number of aryl methyl sites for hydroxylation is 1. The van der Waals surface area contributed by atoms with Crippen LogP contribution in [-0.4, -0.2) is 22.7 Å². The van der Waals surface area contributed by atoms with Crippen molar-refractivity contribution in [1.82, 2.24) is 9.97 Å². The Morgan fingerprint density at radius 2 is 1.50 bits per heavy atom. The SMILES string of the molecule is COC(C)(C)C(C)(C)C(C)(C)/C=C/c1ccc2nc(-c3ccccc3)c(C)nc2c1. The minimum Gasteiger partial charge on any atom is -0.378 e. The van der Waals surface area contributed by atoms with E-state index in [0.717, 1.165) is 33.5 Å². The number of benzene rings is 2. The Morgan fingerprint density at radius 3 is 2.13 bits per heavy atom. The molecule has 3 nitrogen and oxygen atoms in total. The van der Waals surface area contributed by atoms with Crippen LogP contribution in [0.1, 0.15) is 52.8 Å². The first-order valence-corrected chi connectivity index (χ1v) is 10.6. The van der Waals surface area contributed by atoms with Gasteiger partial charge < -0.3 is 4.74 Å². The maximum Gasteiger partial charge on any atom is 0.0922 e. The maximum atomic E-state index is 5.81. The molecule has 0 N–H and O–H groups in total. The number of nitrogens with zero attached hydrogens (tertiary/aromatic N) is 2. The fourth-order valence-electron chi connectivity index (χ4n) is 3.68. The van der Waals surface area contributed by atoms with Crippen LogP contribution in [0.25, 0.3) is 28.4 Å². The maximum absolute atomic E-state index is 5.81. The summed E-state index contributed by atoms with van der Waals surface area (Å²) in [5.41, 5.74) is 5.56. The second-order valence-electron chi connectivity index (χ2n) is 9.67. The smallest absolute Gasteiger partial charge is 0.0922 e. The molecule has 0 bridgehead atoms. The third kappa shape index (κ3) is 4.04. The molecule has 30 heavy (non-hydrogen) atoms. The van der Waals surface area contributed by atoms with Gasteiger partial charge in [0.25, 0.3) is 0 Å². The van der Waals surface area contributed by atoms with Gasteiger partial charge in [0.1, 0.15) is 0 Å². The third-order valence-corrected chi connectivity index (χ3v) is 7.23. The summed E-state index contributed by atoms with van der Waals surface area (Å²) >= 11 is 0. The van der Waals surface area contributed by atoms with E-state index < -0.39 is 0 Å². The van der Waals surface area contributed by atoms with Crippen molar-refractivity contribution < 1.29 is 4.74 Å². The van der Waals surface area contributed by atoms with E-state index in [4.69, 9.17) is 14.7 Å². The molecular formula is C27H34N2O. The minimum absolute atomic E-state index is 0.0664. The molecule has 0 saturated heterocycles. The Balaban J connectivity index is 1.94. The summed E-state index contributed by atoms with van der Waals surface area (Å²) < 4.78 is 5.81. The zero-order valence-corrected chi connectivity index (χ0v) is 19.6. The third-order valence-electron chi connectivity index (χ3n) is 7.23. The first kappa shape index (κ1) is 22.2. The van der Waals surface area contributed by atoms with Crippen molar-refractivity contribution in [2.75, 3.05) is 7.11 Å². The van der Waals surface area contributed by atoms with E-state index in [-0.39, 0.29) is 16.4 Å². The van der Waals surface area contributed by atoms with Gasteiger partial charge in [0.05, 0.1) is 28.0 Å². The normalized spacial score (nSPS) is 13.3. The largest absolute Gasteiger partial charge is 0.378 e. The molecule has 3 rings (SSSR count). The van der Waals surface area contributed by atoms with Crippen LogP contribution in [0.4, 0.5) is 0 Å². The molecule has 3 heteroatoms. The van der Waals surface area contributed by atoms with Crippen LogP contribution >= 0.6 is 0 Å². The van der Waals surface area contributed by atoms with Crippen LogP contribution in [-0.2, 0) is 4.74 Å². The number of fused-ring (bicyclic) bond motifs is 1. The summed E-state index contributed by atoms with van der Waals surface area (Å²) in [6.45, 7) is 15.4. The molecule has 0 unspecified atom stereocenters. The predicted octanol–water partition coefficient (Wildman–Crippen LogP) is 7.10. The number of methoxy groups -OCH3 is 1. The van der Waals surface area contributed by atoms with Crippen LogP contribution in [0.3, 0.4) is 0 Å². The van der Waals surface area contributed by atoms with Crippen LogP contribution in [0.5, 0.6) is 0 Å². The molecule has 0 atom stereocenters. The molecular weight excluding hydrogens is 368 g/mol. The molecule has 0 aliphatic heterocycles. The topological polar surface area (TPSA) is 35.0 Å². The Hall–Kier alpha value is -2.52. The lowest BCUT2D eigenvalue weighted by Crippen LogP contribution is -2.49. The highest BCUT2D eigenvalue weighted by Crippen LogP contribution is 2.49. The van der Waals surface area contributed by atoms with E-state index in [1.165, 1.54) is 0 Å². The molecule has 1 heterocycles. The zero-order valence-electron chi connectivity index (χ0n) is 19.6. The highest BCUT2D eigenvalue weighted by Gasteiger charge is 2.47. The molecule has 0 aliphatic carbocycles. The number of hydrogen-bond donors (Lipinski definition) is 0. The lowest BCUT2D eigenvalue weighted by Gasteiger charge is -2.50. The monoisotopic (exact) mass is 402 g/mol. The number of ether oxygens (including phenoxy) is 1. The summed E-state index contributed by atoms with van der Waals surface area (Å²) in [5, 5.41) is 0. The van der Waals surface area contributed by atoms with Gasteiger partial charge in [-0.3, -0.25) is 0 Å². The number of allylic oxidation sites excluding steroid dienone is 1. The van der Waals surface area contributed by atoms with Gasteiger partial charge in [-0.25, -0.2) is 9.97 Å². The number of aromatic nitrogens is 2. The van der Waals surface area contributed by atoms with Gasteiger partial charge in [-0.1, -0.05) is 76.2 Å². The van der Waals surface area contributed by atoms with Gasteiger partial charge in [-0.15, -0.1) is 0 Å². The Bertz CT molecular complexity index is 1060. The van der Waals surface area contributed by atoms with Crippen molar-refractivity contribution in [2.45, 2.75) is 54.1 Å². The summed E-state index contributed by atoms with van der Waals surface area (Å²) in [4.78, 5) is 9.72. The summed E-state index contributed by atoms with van der Waals surface area (Å²) in [7, 11) is 1.79. The molecule has 0 aliphatic rings. The summed E-state index contributed by atoms with van der Waals surface area (Å²) in [6.07, 6.45) is 4.47. The Labute approximate surface area is 181 Å². The Morgan fingerprint density at radius 1 is 0.833 bits per heavy atom. The van der Waals surface area contributed by atoms with Crippen LogP contribution in [0.2, 0.25) is 0 Å². The second kappa shape index (κ2) is 7.96. The number of rotatable bonds is 6. The van der Waals surface area contributed by atoms with Crippen molar-refractivity contribution in [3.8, 4) is 11.3 Å². The fraction of sp³-hybridized carbons (Fsp3) is 0.407. The average molecular weight is 403 g/mol. The van der Waals surface area contributed by atoms with Crippen molar-refractivity contribution in [1.29, 1.82) is 0 Å². The van der Waals surface area contributed by atoms with E-state index in [2.05, 4.69) is 84.0 Å². The van der Waals surface area contributed by atoms with Gasteiger partial charge in [0, 0.05) is 18.1 Å². The van der Waals surface area contributed by atoms with Crippen molar-refractivity contribution in [2.24, 2.45) is 10.8 Å². The van der Waals surface area contributed by atoms with Gasteiger partial charge >= 0.3 is 0 Å². The second-order valence-corrected chi connectivity index (χ2v) is 9.67. The van der Waals surface area contributed by atoms with Crippen molar-refractivity contribution in [3.63, 3.8) is 0 Å². The molecule has 0 radical (unpaired) electrons. The average Bonchev–Trinajstić information content (AvgIpc) is 2.72. The quantitative estimate of drug-likeness (QED) is 0.441. The molecule has 3 aromatic rings. The number of hydrogen-bond acceptors (Lipinski definition) is 3. The minimum atomic E-state index is -0.249. The van der Waals surface area contributed by atoms with Gasteiger partial charge in [0.2, 0.25) is 0 Å². The summed E-state index contributed by atoms with van der Waals surface area (Å²) in [5.74, 6) is 0. The van der Waals surface area contributed by atoms with Crippen LogP contribution < -0.4 is 0 Å². The molecule has 1 aromatic heterocycles. The van der Waals surface area contributed by atoms with Crippen molar-refractivity contribution >= 4 is 17.1 Å². The van der Waals surface area contributed by atoms with Gasteiger partial charge in [-0.2, -0.15) is 0 Å². The summed E-state index contributed by atoms with van der Waals surface area (Å²) in [6, 6.07) is 16.5. The lowest BCUT2D eigenvalue weighted by atomic mass is 9.59. The van der Waals surface area contributed by atoms with E-state index in [1.807, 2.05) is 25.1 Å². The molecule has 0 fully saturated rings. The first-order chi connectivity index (χ1) is 14.0. The van der Waals surface area contributed by atoms with E-state index in [1.54, 1.807) is 7.11 Å².